The maximum absolute atomic E-state index is 11.2. The number of rotatable bonds is 3. The predicted molar refractivity (Wildman–Crippen MR) is 63.1 cm³/mol. The van der Waals surface area contributed by atoms with Crippen LogP contribution in [-0.2, 0) is 16.0 Å². The molecule has 1 aromatic carbocycles. The minimum absolute atomic E-state index is 0.0309. The number of carbonyl (C=O) groups excluding carboxylic acids is 1. The molecule has 0 aliphatic carbocycles. The summed E-state index contributed by atoms with van der Waals surface area (Å²) in [5.74, 6) is -0.927. The molecule has 6 heteroatoms. The van der Waals surface area contributed by atoms with E-state index in [9.17, 15) is 14.7 Å². The summed E-state index contributed by atoms with van der Waals surface area (Å²) in [5.41, 5.74) is 1.36. The third-order valence-corrected chi connectivity index (χ3v) is 3.46. The SMILES string of the molecule is O=C1CSc2ccc(CC(O)C(=O)O)cc2N1. The average molecular weight is 253 g/mol. The molecule has 1 unspecified atom stereocenters. The number of hydrogen-bond donors (Lipinski definition) is 3. The quantitative estimate of drug-likeness (QED) is 0.739. The molecule has 1 aliphatic heterocycles. The number of aliphatic hydroxyl groups is 1. The zero-order valence-corrected chi connectivity index (χ0v) is 9.66. The summed E-state index contributed by atoms with van der Waals surface area (Å²) in [4.78, 5) is 22.7. The van der Waals surface area contributed by atoms with E-state index >= 15 is 0 Å². The number of aliphatic hydroxyl groups excluding tert-OH is 1. The lowest BCUT2D eigenvalue weighted by atomic mass is 10.1. The molecule has 2 rings (SSSR count). The second-order valence-electron chi connectivity index (χ2n) is 3.73. The summed E-state index contributed by atoms with van der Waals surface area (Å²) in [5, 5.41) is 20.6. The third kappa shape index (κ3) is 2.78. The summed E-state index contributed by atoms with van der Waals surface area (Å²) in [7, 11) is 0. The van der Waals surface area contributed by atoms with Crippen molar-refractivity contribution in [1.29, 1.82) is 0 Å². The highest BCUT2D eigenvalue weighted by Gasteiger charge is 2.18. The van der Waals surface area contributed by atoms with Gasteiger partial charge in [-0.25, -0.2) is 4.79 Å². The first-order valence-corrected chi connectivity index (χ1v) is 6.01. The van der Waals surface area contributed by atoms with E-state index in [0.29, 0.717) is 17.0 Å². The van der Waals surface area contributed by atoms with E-state index in [2.05, 4.69) is 5.32 Å². The van der Waals surface area contributed by atoms with Crippen LogP contribution in [0, 0.1) is 0 Å². The number of carboxylic acid groups (broad SMARTS) is 1. The number of thioether (sulfide) groups is 1. The topological polar surface area (TPSA) is 86.6 Å². The Bertz CT molecular complexity index is 475. The van der Waals surface area contributed by atoms with Crippen molar-refractivity contribution in [2.24, 2.45) is 0 Å². The van der Waals surface area contributed by atoms with Gasteiger partial charge >= 0.3 is 5.97 Å². The number of amides is 1. The number of anilines is 1. The van der Waals surface area contributed by atoms with Crippen molar-refractivity contribution in [3.63, 3.8) is 0 Å². The van der Waals surface area contributed by atoms with Crippen LogP contribution in [0.5, 0.6) is 0 Å². The van der Waals surface area contributed by atoms with Crippen molar-refractivity contribution in [2.75, 3.05) is 11.1 Å². The van der Waals surface area contributed by atoms with Crippen LogP contribution < -0.4 is 5.32 Å². The molecule has 17 heavy (non-hydrogen) atoms. The number of aliphatic carboxylic acids is 1. The van der Waals surface area contributed by atoms with Gasteiger partial charge < -0.3 is 15.5 Å². The van der Waals surface area contributed by atoms with E-state index in [1.54, 1.807) is 12.1 Å². The number of hydrogen-bond acceptors (Lipinski definition) is 4. The Hall–Kier alpha value is -1.53. The van der Waals surface area contributed by atoms with E-state index < -0.39 is 12.1 Å². The van der Waals surface area contributed by atoms with Gasteiger partial charge in [-0.1, -0.05) is 6.07 Å². The van der Waals surface area contributed by atoms with Crippen LogP contribution in [0.3, 0.4) is 0 Å². The van der Waals surface area contributed by atoms with Gasteiger partial charge in [0.25, 0.3) is 0 Å². The number of nitrogens with one attached hydrogen (secondary N) is 1. The van der Waals surface area contributed by atoms with E-state index in [1.807, 2.05) is 6.07 Å². The molecule has 1 aliphatic rings. The Kier molecular flexibility index (Phi) is 3.35. The molecule has 1 atom stereocenters. The molecule has 1 aromatic rings. The van der Waals surface area contributed by atoms with Gasteiger partial charge in [0.2, 0.25) is 5.91 Å². The average Bonchev–Trinajstić information content (AvgIpc) is 2.28. The standard InChI is InChI=1S/C11H11NO4S/c13-8(11(15)16)4-6-1-2-9-7(3-6)12-10(14)5-17-9/h1-3,8,13H,4-5H2,(H,12,14)(H,15,16). The molecule has 90 valence electrons. The fourth-order valence-corrected chi connectivity index (χ4v) is 2.36. The molecule has 0 bridgehead atoms. The van der Waals surface area contributed by atoms with Crippen LogP contribution in [0.2, 0.25) is 0 Å². The number of carboxylic acids is 1. The molecule has 0 fully saturated rings. The fraction of sp³-hybridized carbons (Fsp3) is 0.273. The highest BCUT2D eigenvalue weighted by molar-refractivity contribution is 8.00. The van der Waals surface area contributed by atoms with Crippen molar-refractivity contribution in [1.82, 2.24) is 0 Å². The lowest BCUT2D eigenvalue weighted by Gasteiger charge is -2.17. The van der Waals surface area contributed by atoms with Gasteiger partial charge in [-0.05, 0) is 17.7 Å². The molecule has 5 nitrogen and oxygen atoms in total. The first kappa shape index (κ1) is 11.9. The van der Waals surface area contributed by atoms with Gasteiger partial charge in [0, 0.05) is 11.3 Å². The summed E-state index contributed by atoms with van der Waals surface area (Å²) in [6, 6.07) is 5.28. The van der Waals surface area contributed by atoms with Crippen LogP contribution in [0.15, 0.2) is 23.1 Å². The van der Waals surface area contributed by atoms with Gasteiger partial charge in [0.05, 0.1) is 11.4 Å². The molecule has 1 amide bonds. The van der Waals surface area contributed by atoms with Crippen molar-refractivity contribution in [2.45, 2.75) is 17.4 Å². The second kappa shape index (κ2) is 4.77. The largest absolute Gasteiger partial charge is 0.479 e. The van der Waals surface area contributed by atoms with Crippen molar-refractivity contribution in [3.8, 4) is 0 Å². The van der Waals surface area contributed by atoms with Crippen LogP contribution in [-0.4, -0.2) is 33.9 Å². The third-order valence-electron chi connectivity index (χ3n) is 2.39. The molecule has 1 heterocycles. The van der Waals surface area contributed by atoms with Gasteiger partial charge in [0.1, 0.15) is 0 Å². The number of carbonyl (C=O) groups is 2. The Balaban J connectivity index is 2.18. The maximum atomic E-state index is 11.2. The van der Waals surface area contributed by atoms with E-state index in [1.165, 1.54) is 11.8 Å². The minimum Gasteiger partial charge on any atom is -0.479 e. The van der Waals surface area contributed by atoms with E-state index in [4.69, 9.17) is 5.11 Å². The van der Waals surface area contributed by atoms with Crippen molar-refractivity contribution < 1.29 is 19.8 Å². The lowest BCUT2D eigenvalue weighted by Crippen LogP contribution is -2.22. The van der Waals surface area contributed by atoms with Crippen LogP contribution in [0.1, 0.15) is 5.56 Å². The monoisotopic (exact) mass is 253 g/mol. The minimum atomic E-state index is -1.42. The molecule has 0 saturated carbocycles. The summed E-state index contributed by atoms with van der Waals surface area (Å²) in [6.07, 6.45) is -1.39. The Morgan fingerprint density at radius 1 is 1.53 bits per heavy atom. The van der Waals surface area contributed by atoms with E-state index in [0.717, 1.165) is 4.90 Å². The van der Waals surface area contributed by atoms with Gasteiger partial charge in [-0.3, -0.25) is 4.79 Å². The Morgan fingerprint density at radius 3 is 3.00 bits per heavy atom. The predicted octanol–water partition coefficient (Wildman–Crippen LogP) is 0.719. The maximum Gasteiger partial charge on any atom is 0.332 e. The van der Waals surface area contributed by atoms with Crippen molar-refractivity contribution >= 4 is 29.3 Å². The smallest absolute Gasteiger partial charge is 0.332 e. The van der Waals surface area contributed by atoms with Gasteiger partial charge in [0.15, 0.2) is 6.10 Å². The molecule has 3 N–H and O–H groups in total. The zero-order valence-electron chi connectivity index (χ0n) is 8.84. The van der Waals surface area contributed by atoms with Gasteiger partial charge in [-0.2, -0.15) is 0 Å². The molecular weight excluding hydrogens is 242 g/mol. The van der Waals surface area contributed by atoms with Crippen LogP contribution >= 0.6 is 11.8 Å². The molecule has 0 saturated heterocycles. The van der Waals surface area contributed by atoms with Crippen molar-refractivity contribution in [3.05, 3.63) is 23.8 Å². The summed E-state index contributed by atoms with van der Waals surface area (Å²) < 4.78 is 0. The fourth-order valence-electron chi connectivity index (χ4n) is 1.57. The number of fused-ring (bicyclic) bond motifs is 1. The Morgan fingerprint density at radius 2 is 2.29 bits per heavy atom. The van der Waals surface area contributed by atoms with Crippen LogP contribution in [0.25, 0.3) is 0 Å². The zero-order chi connectivity index (χ0) is 12.4. The first-order valence-electron chi connectivity index (χ1n) is 5.02. The molecular formula is C11H11NO4S. The van der Waals surface area contributed by atoms with Crippen LogP contribution in [0.4, 0.5) is 5.69 Å². The first-order chi connectivity index (χ1) is 8.06. The highest BCUT2D eigenvalue weighted by atomic mass is 32.2. The summed E-state index contributed by atoms with van der Waals surface area (Å²) >= 11 is 1.44. The molecule has 0 aromatic heterocycles. The highest BCUT2D eigenvalue weighted by Crippen LogP contribution is 2.32. The summed E-state index contributed by atoms with van der Waals surface area (Å²) in [6.45, 7) is 0. The molecule has 0 radical (unpaired) electrons. The Labute approximate surface area is 102 Å². The normalized spacial score (nSPS) is 15.9. The lowest BCUT2D eigenvalue weighted by molar-refractivity contribution is -0.146. The van der Waals surface area contributed by atoms with E-state index in [-0.39, 0.29) is 12.3 Å². The second-order valence-corrected chi connectivity index (χ2v) is 4.74. The molecule has 0 spiro atoms. The number of benzene rings is 1. The van der Waals surface area contributed by atoms with Gasteiger partial charge in [-0.15, -0.1) is 11.8 Å².